The van der Waals surface area contributed by atoms with E-state index in [0.29, 0.717) is 11.5 Å². The third kappa shape index (κ3) is 5.87. The highest BCUT2D eigenvalue weighted by Crippen LogP contribution is 2.15. The number of nitrogens with one attached hydrogen (secondary N) is 3. The Balaban J connectivity index is 1.43. The molecular formula is C22H23N3O4. The van der Waals surface area contributed by atoms with Gasteiger partial charge in [-0.3, -0.25) is 20.4 Å². The predicted molar refractivity (Wildman–Crippen MR) is 109 cm³/mol. The molecule has 2 amide bonds. The lowest BCUT2D eigenvalue weighted by Gasteiger charge is -2.11. The molecule has 7 nitrogen and oxygen atoms in total. The van der Waals surface area contributed by atoms with E-state index in [2.05, 4.69) is 16.2 Å². The van der Waals surface area contributed by atoms with Gasteiger partial charge in [0.05, 0.1) is 6.54 Å². The molecule has 7 heteroatoms. The van der Waals surface area contributed by atoms with Gasteiger partial charge in [-0.15, -0.1) is 0 Å². The molecule has 0 saturated heterocycles. The van der Waals surface area contributed by atoms with Gasteiger partial charge in [0.1, 0.15) is 18.1 Å². The number of para-hydroxylation sites is 1. The maximum absolute atomic E-state index is 12.1. The fraction of sp³-hybridized carbons (Fsp3) is 0.182. The van der Waals surface area contributed by atoms with E-state index < -0.39 is 5.91 Å². The molecular weight excluding hydrogens is 370 g/mol. The van der Waals surface area contributed by atoms with Gasteiger partial charge in [0.15, 0.2) is 5.76 Å². The second-order valence-electron chi connectivity index (χ2n) is 6.54. The molecule has 3 N–H and O–H groups in total. The summed E-state index contributed by atoms with van der Waals surface area (Å²) in [6.07, 6.45) is 0. The van der Waals surface area contributed by atoms with E-state index in [1.54, 1.807) is 6.07 Å². The SMILES string of the molecule is Cc1ccc(NCC(=O)NNC(=O)c2ccc(COc3ccccc3)o2)c(C)c1. The number of hydrogen-bond acceptors (Lipinski definition) is 5. The molecule has 1 heterocycles. The third-order valence-electron chi connectivity index (χ3n) is 4.15. The topological polar surface area (TPSA) is 92.6 Å². The largest absolute Gasteiger partial charge is 0.486 e. The minimum absolute atomic E-state index is 0.0263. The van der Waals surface area contributed by atoms with E-state index in [9.17, 15) is 9.59 Å². The monoisotopic (exact) mass is 393 g/mol. The van der Waals surface area contributed by atoms with Gasteiger partial charge < -0.3 is 14.5 Å². The number of hydrogen-bond donors (Lipinski definition) is 3. The lowest BCUT2D eigenvalue weighted by Crippen LogP contribution is -2.44. The number of furan rings is 1. The van der Waals surface area contributed by atoms with Crippen molar-refractivity contribution < 1.29 is 18.7 Å². The van der Waals surface area contributed by atoms with Gasteiger partial charge in [0, 0.05) is 5.69 Å². The maximum atomic E-state index is 12.1. The van der Waals surface area contributed by atoms with E-state index in [4.69, 9.17) is 9.15 Å². The van der Waals surface area contributed by atoms with Crippen molar-refractivity contribution in [2.24, 2.45) is 0 Å². The molecule has 3 rings (SSSR count). The molecule has 0 aliphatic heterocycles. The summed E-state index contributed by atoms with van der Waals surface area (Å²) >= 11 is 0. The maximum Gasteiger partial charge on any atom is 0.305 e. The van der Waals surface area contributed by atoms with E-state index in [0.717, 1.165) is 16.8 Å². The second-order valence-corrected chi connectivity index (χ2v) is 6.54. The zero-order valence-electron chi connectivity index (χ0n) is 16.3. The van der Waals surface area contributed by atoms with Crippen LogP contribution in [0.4, 0.5) is 5.69 Å². The van der Waals surface area contributed by atoms with Gasteiger partial charge in [-0.05, 0) is 49.7 Å². The molecule has 0 unspecified atom stereocenters. The molecule has 1 aromatic heterocycles. The van der Waals surface area contributed by atoms with Crippen LogP contribution in [-0.2, 0) is 11.4 Å². The lowest BCUT2D eigenvalue weighted by molar-refractivity contribution is -0.120. The first-order chi connectivity index (χ1) is 14.0. The van der Waals surface area contributed by atoms with Gasteiger partial charge in [-0.2, -0.15) is 0 Å². The van der Waals surface area contributed by atoms with Crippen LogP contribution in [0.5, 0.6) is 5.75 Å². The Morgan fingerprint density at radius 2 is 1.76 bits per heavy atom. The molecule has 0 radical (unpaired) electrons. The standard InChI is InChI=1S/C22H23N3O4/c1-15-8-10-19(16(2)12-15)23-13-21(26)24-25-22(27)20-11-9-18(29-20)14-28-17-6-4-3-5-7-17/h3-12,23H,13-14H2,1-2H3,(H,24,26)(H,25,27). The number of amides is 2. The highest BCUT2D eigenvalue weighted by Gasteiger charge is 2.12. The number of carbonyl (C=O) groups excluding carboxylic acids is 2. The van der Waals surface area contributed by atoms with Gasteiger partial charge in [-0.1, -0.05) is 35.9 Å². The summed E-state index contributed by atoms with van der Waals surface area (Å²) in [5, 5.41) is 3.04. The third-order valence-corrected chi connectivity index (χ3v) is 4.15. The minimum atomic E-state index is -0.546. The first-order valence-electron chi connectivity index (χ1n) is 9.18. The quantitative estimate of drug-likeness (QED) is 0.536. The smallest absolute Gasteiger partial charge is 0.305 e. The zero-order chi connectivity index (χ0) is 20.6. The molecule has 0 atom stereocenters. The average Bonchev–Trinajstić information content (AvgIpc) is 3.20. The first kappa shape index (κ1) is 20.0. The zero-order valence-corrected chi connectivity index (χ0v) is 16.3. The molecule has 0 spiro atoms. The summed E-state index contributed by atoms with van der Waals surface area (Å²) in [5.74, 6) is 0.368. The Bertz CT molecular complexity index is 983. The van der Waals surface area contributed by atoms with Crippen LogP contribution < -0.4 is 20.9 Å². The summed E-state index contributed by atoms with van der Waals surface area (Å²) in [6, 6.07) is 18.4. The normalized spacial score (nSPS) is 10.3. The average molecular weight is 393 g/mol. The van der Waals surface area contributed by atoms with E-state index in [1.807, 2.05) is 62.4 Å². The molecule has 0 saturated carbocycles. The van der Waals surface area contributed by atoms with Crippen LogP contribution in [0.25, 0.3) is 0 Å². The van der Waals surface area contributed by atoms with Crippen LogP contribution in [0.1, 0.15) is 27.4 Å². The highest BCUT2D eigenvalue weighted by molar-refractivity contribution is 5.93. The van der Waals surface area contributed by atoms with Crippen molar-refractivity contribution >= 4 is 17.5 Å². The van der Waals surface area contributed by atoms with Gasteiger partial charge >= 0.3 is 5.91 Å². The summed E-state index contributed by atoms with van der Waals surface area (Å²) < 4.78 is 11.0. The summed E-state index contributed by atoms with van der Waals surface area (Å²) in [4.78, 5) is 24.1. The number of ether oxygens (including phenoxy) is 1. The summed E-state index contributed by atoms with van der Waals surface area (Å²) in [5.41, 5.74) is 7.75. The van der Waals surface area contributed by atoms with Gasteiger partial charge in [-0.25, -0.2) is 0 Å². The molecule has 0 bridgehead atoms. The van der Waals surface area contributed by atoms with Crippen molar-refractivity contribution in [3.8, 4) is 5.75 Å². The lowest BCUT2D eigenvalue weighted by atomic mass is 10.1. The Morgan fingerprint density at radius 1 is 0.966 bits per heavy atom. The molecule has 29 heavy (non-hydrogen) atoms. The van der Waals surface area contributed by atoms with Crippen molar-refractivity contribution in [1.82, 2.24) is 10.9 Å². The van der Waals surface area contributed by atoms with E-state index in [-0.39, 0.29) is 24.8 Å². The number of aryl methyl sites for hydroxylation is 2. The Hall–Kier alpha value is -3.74. The number of rotatable bonds is 7. The number of hydrazine groups is 1. The highest BCUT2D eigenvalue weighted by atomic mass is 16.5. The molecule has 0 aliphatic rings. The van der Waals surface area contributed by atoms with Crippen molar-refractivity contribution in [2.45, 2.75) is 20.5 Å². The molecule has 3 aromatic rings. The fourth-order valence-corrected chi connectivity index (χ4v) is 2.67. The number of benzene rings is 2. The van der Waals surface area contributed by atoms with Crippen molar-refractivity contribution in [3.05, 3.63) is 83.3 Å². The van der Waals surface area contributed by atoms with Crippen LogP contribution in [-0.4, -0.2) is 18.4 Å². The molecule has 2 aromatic carbocycles. The molecule has 0 aliphatic carbocycles. The van der Waals surface area contributed by atoms with E-state index >= 15 is 0 Å². The summed E-state index contributed by atoms with van der Waals surface area (Å²) in [6.45, 7) is 4.19. The Morgan fingerprint density at radius 3 is 2.52 bits per heavy atom. The first-order valence-corrected chi connectivity index (χ1v) is 9.18. The van der Waals surface area contributed by atoms with E-state index in [1.165, 1.54) is 6.07 Å². The second kappa shape index (κ2) is 9.45. The summed E-state index contributed by atoms with van der Waals surface area (Å²) in [7, 11) is 0. The van der Waals surface area contributed by atoms with Crippen LogP contribution >= 0.6 is 0 Å². The number of anilines is 1. The van der Waals surface area contributed by atoms with Crippen LogP contribution in [0.15, 0.2) is 65.1 Å². The van der Waals surface area contributed by atoms with Crippen molar-refractivity contribution in [1.29, 1.82) is 0 Å². The van der Waals surface area contributed by atoms with Crippen LogP contribution in [0, 0.1) is 13.8 Å². The predicted octanol–water partition coefficient (Wildman–Crippen LogP) is 3.35. The van der Waals surface area contributed by atoms with Crippen molar-refractivity contribution in [3.63, 3.8) is 0 Å². The Kier molecular flexibility index (Phi) is 6.52. The fourth-order valence-electron chi connectivity index (χ4n) is 2.67. The Labute approximate surface area is 169 Å². The number of carbonyl (C=O) groups is 2. The molecule has 150 valence electrons. The van der Waals surface area contributed by atoms with Crippen LogP contribution in [0.3, 0.4) is 0 Å². The minimum Gasteiger partial charge on any atom is -0.486 e. The van der Waals surface area contributed by atoms with Crippen LogP contribution in [0.2, 0.25) is 0 Å². The van der Waals surface area contributed by atoms with Gasteiger partial charge in [0.25, 0.3) is 5.91 Å². The molecule has 0 fully saturated rings. The van der Waals surface area contributed by atoms with Crippen molar-refractivity contribution in [2.75, 3.05) is 11.9 Å². The van der Waals surface area contributed by atoms with Gasteiger partial charge in [0.2, 0.25) is 0 Å².